The lowest BCUT2D eigenvalue weighted by atomic mass is 10.3. The number of aromatic nitrogens is 2. The predicted molar refractivity (Wildman–Crippen MR) is 64.8 cm³/mol. The van der Waals surface area contributed by atoms with E-state index >= 15 is 0 Å². The number of fused-ring (bicyclic) bond motifs is 1. The second-order valence-corrected chi connectivity index (χ2v) is 4.26. The number of nitrogens with zero attached hydrogens (tertiary/aromatic N) is 2. The number of ether oxygens (including phenoxy) is 2. The first-order valence-corrected chi connectivity index (χ1v) is 6.00. The van der Waals surface area contributed by atoms with Gasteiger partial charge in [-0.15, -0.1) is 0 Å². The molecule has 1 fully saturated rings. The Labute approximate surface area is 100 Å². The highest BCUT2D eigenvalue weighted by molar-refractivity contribution is 5.75. The van der Waals surface area contributed by atoms with Gasteiger partial charge in [0, 0.05) is 13.0 Å². The third-order valence-electron chi connectivity index (χ3n) is 3.12. The largest absolute Gasteiger partial charge is 0.350 e. The lowest BCUT2D eigenvalue weighted by Gasteiger charge is -2.11. The second kappa shape index (κ2) is 4.47. The summed E-state index contributed by atoms with van der Waals surface area (Å²) in [4.78, 5) is 4.54. The van der Waals surface area contributed by atoms with Gasteiger partial charge in [0.25, 0.3) is 0 Å². The molecule has 2 heterocycles. The van der Waals surface area contributed by atoms with E-state index in [0.29, 0.717) is 13.2 Å². The van der Waals surface area contributed by atoms with Gasteiger partial charge in [0.2, 0.25) is 0 Å². The van der Waals surface area contributed by atoms with Gasteiger partial charge in [-0.05, 0) is 19.1 Å². The minimum absolute atomic E-state index is 0.0458. The summed E-state index contributed by atoms with van der Waals surface area (Å²) in [5.41, 5.74) is 2.24. The molecule has 4 nitrogen and oxygen atoms in total. The SMILES string of the molecule is Cc1nc2ccccc2n1CCC1OCCO1. The molecule has 1 aliphatic heterocycles. The zero-order valence-electron chi connectivity index (χ0n) is 9.93. The van der Waals surface area contributed by atoms with Gasteiger partial charge in [-0.1, -0.05) is 12.1 Å². The maximum absolute atomic E-state index is 5.45. The number of benzene rings is 1. The smallest absolute Gasteiger partial charge is 0.159 e. The van der Waals surface area contributed by atoms with Crippen molar-refractivity contribution in [2.75, 3.05) is 13.2 Å². The summed E-state index contributed by atoms with van der Waals surface area (Å²) in [7, 11) is 0. The number of para-hydroxylation sites is 2. The summed E-state index contributed by atoms with van der Waals surface area (Å²) in [5, 5.41) is 0. The third kappa shape index (κ3) is 2.06. The number of aryl methyl sites for hydroxylation is 2. The molecule has 0 bridgehead atoms. The first-order valence-electron chi connectivity index (χ1n) is 6.00. The van der Waals surface area contributed by atoms with E-state index in [-0.39, 0.29) is 6.29 Å². The standard InChI is InChI=1S/C13H16N2O2/c1-10-14-11-4-2-3-5-12(11)15(10)7-6-13-16-8-9-17-13/h2-5,13H,6-9H2,1H3. The van der Waals surface area contributed by atoms with Crippen molar-refractivity contribution in [3.05, 3.63) is 30.1 Å². The Hall–Kier alpha value is -1.39. The third-order valence-corrected chi connectivity index (χ3v) is 3.12. The maximum atomic E-state index is 5.45. The van der Waals surface area contributed by atoms with Gasteiger partial charge in [0.05, 0.1) is 24.2 Å². The maximum Gasteiger partial charge on any atom is 0.159 e. The van der Waals surface area contributed by atoms with Crippen LogP contribution in [0.2, 0.25) is 0 Å². The molecule has 0 N–H and O–H groups in total. The predicted octanol–water partition coefficient (Wildman–Crippen LogP) is 2.11. The highest BCUT2D eigenvalue weighted by Gasteiger charge is 2.16. The molecule has 0 amide bonds. The van der Waals surface area contributed by atoms with E-state index in [1.165, 1.54) is 5.52 Å². The number of hydrogen-bond donors (Lipinski definition) is 0. The molecule has 4 heteroatoms. The van der Waals surface area contributed by atoms with Crippen LogP contribution in [0, 0.1) is 6.92 Å². The molecule has 1 aromatic carbocycles. The van der Waals surface area contributed by atoms with Crippen LogP contribution in [-0.2, 0) is 16.0 Å². The summed E-state index contributed by atoms with van der Waals surface area (Å²) < 4.78 is 13.1. The van der Waals surface area contributed by atoms with Crippen molar-refractivity contribution in [3.63, 3.8) is 0 Å². The molecule has 1 aliphatic rings. The van der Waals surface area contributed by atoms with Crippen LogP contribution < -0.4 is 0 Å². The van der Waals surface area contributed by atoms with Crippen LogP contribution in [0.5, 0.6) is 0 Å². The molecule has 1 saturated heterocycles. The Morgan fingerprint density at radius 3 is 2.88 bits per heavy atom. The van der Waals surface area contributed by atoms with Gasteiger partial charge < -0.3 is 14.0 Å². The summed E-state index contributed by atoms with van der Waals surface area (Å²) in [6.07, 6.45) is 0.830. The van der Waals surface area contributed by atoms with Crippen LogP contribution in [0.3, 0.4) is 0 Å². The molecule has 0 saturated carbocycles. The summed E-state index contributed by atoms with van der Waals surface area (Å²) in [6.45, 7) is 4.36. The molecule has 1 aromatic heterocycles. The molecule has 2 aromatic rings. The molecular weight excluding hydrogens is 216 g/mol. The van der Waals surface area contributed by atoms with Crippen molar-refractivity contribution >= 4 is 11.0 Å². The molecule has 0 atom stereocenters. The molecule has 0 radical (unpaired) electrons. The van der Waals surface area contributed by atoms with Crippen molar-refractivity contribution in [1.29, 1.82) is 0 Å². The number of rotatable bonds is 3. The van der Waals surface area contributed by atoms with Crippen LogP contribution in [0.15, 0.2) is 24.3 Å². The fraction of sp³-hybridized carbons (Fsp3) is 0.462. The number of hydrogen-bond acceptors (Lipinski definition) is 3. The van der Waals surface area contributed by atoms with Crippen LogP contribution in [-0.4, -0.2) is 29.1 Å². The molecule has 0 aliphatic carbocycles. The first-order chi connectivity index (χ1) is 8.34. The minimum atomic E-state index is -0.0458. The normalized spacial score (nSPS) is 17.0. The lowest BCUT2D eigenvalue weighted by molar-refractivity contribution is -0.0489. The van der Waals surface area contributed by atoms with Gasteiger partial charge >= 0.3 is 0 Å². The molecular formula is C13H16N2O2. The van der Waals surface area contributed by atoms with Gasteiger partial charge in [0.1, 0.15) is 5.82 Å². The Balaban J connectivity index is 1.81. The minimum Gasteiger partial charge on any atom is -0.350 e. The summed E-state index contributed by atoms with van der Waals surface area (Å²) >= 11 is 0. The highest BCUT2D eigenvalue weighted by atomic mass is 16.7. The average Bonchev–Trinajstić information content (AvgIpc) is 2.93. The van der Waals surface area contributed by atoms with E-state index in [4.69, 9.17) is 9.47 Å². The van der Waals surface area contributed by atoms with Gasteiger partial charge in [-0.3, -0.25) is 0 Å². The molecule has 0 spiro atoms. The van der Waals surface area contributed by atoms with Gasteiger partial charge in [-0.2, -0.15) is 0 Å². The second-order valence-electron chi connectivity index (χ2n) is 4.26. The zero-order chi connectivity index (χ0) is 11.7. The van der Waals surface area contributed by atoms with Crippen molar-refractivity contribution in [2.24, 2.45) is 0 Å². The highest BCUT2D eigenvalue weighted by Crippen LogP contribution is 2.17. The van der Waals surface area contributed by atoms with Crippen molar-refractivity contribution in [2.45, 2.75) is 26.2 Å². The Kier molecular flexibility index (Phi) is 2.82. The molecule has 17 heavy (non-hydrogen) atoms. The Bertz CT molecular complexity index is 515. The molecule has 90 valence electrons. The van der Waals surface area contributed by atoms with Crippen molar-refractivity contribution < 1.29 is 9.47 Å². The Morgan fingerprint density at radius 1 is 1.29 bits per heavy atom. The summed E-state index contributed by atoms with van der Waals surface area (Å²) in [6, 6.07) is 8.21. The van der Waals surface area contributed by atoms with E-state index in [0.717, 1.165) is 24.3 Å². The fourth-order valence-corrected chi connectivity index (χ4v) is 2.29. The van der Waals surface area contributed by atoms with Gasteiger partial charge in [0.15, 0.2) is 6.29 Å². The quantitative estimate of drug-likeness (QED) is 0.813. The van der Waals surface area contributed by atoms with E-state index in [9.17, 15) is 0 Å². The zero-order valence-corrected chi connectivity index (χ0v) is 9.93. The lowest BCUT2D eigenvalue weighted by Crippen LogP contribution is -2.12. The molecule has 3 rings (SSSR count). The Morgan fingerprint density at radius 2 is 2.06 bits per heavy atom. The average molecular weight is 232 g/mol. The van der Waals surface area contributed by atoms with Crippen LogP contribution >= 0.6 is 0 Å². The number of imidazole rings is 1. The van der Waals surface area contributed by atoms with E-state index in [1.807, 2.05) is 25.1 Å². The van der Waals surface area contributed by atoms with Crippen molar-refractivity contribution in [1.82, 2.24) is 9.55 Å². The van der Waals surface area contributed by atoms with E-state index in [1.54, 1.807) is 0 Å². The van der Waals surface area contributed by atoms with E-state index < -0.39 is 0 Å². The summed E-state index contributed by atoms with van der Waals surface area (Å²) in [5.74, 6) is 1.05. The topological polar surface area (TPSA) is 36.3 Å². The fourth-order valence-electron chi connectivity index (χ4n) is 2.29. The van der Waals surface area contributed by atoms with Crippen molar-refractivity contribution in [3.8, 4) is 0 Å². The monoisotopic (exact) mass is 232 g/mol. The van der Waals surface area contributed by atoms with Gasteiger partial charge in [-0.25, -0.2) is 4.98 Å². The van der Waals surface area contributed by atoms with Crippen LogP contribution in [0.4, 0.5) is 0 Å². The van der Waals surface area contributed by atoms with Crippen LogP contribution in [0.25, 0.3) is 11.0 Å². The first kappa shape index (κ1) is 10.7. The molecule has 0 unspecified atom stereocenters. The van der Waals surface area contributed by atoms with Crippen LogP contribution in [0.1, 0.15) is 12.2 Å². The van der Waals surface area contributed by atoms with E-state index in [2.05, 4.69) is 15.6 Å².